The molecular formula is C30H29NO9. The van der Waals surface area contributed by atoms with E-state index in [0.29, 0.717) is 59.0 Å². The van der Waals surface area contributed by atoms with Crippen LogP contribution < -0.4 is 33.3 Å². The van der Waals surface area contributed by atoms with E-state index in [1.165, 1.54) is 19.1 Å². The van der Waals surface area contributed by atoms with E-state index in [4.69, 9.17) is 28.4 Å². The fraction of sp³-hybridized carbons (Fsp3) is 0.267. The number of ether oxygens (including phenoxy) is 6. The van der Waals surface area contributed by atoms with Crippen LogP contribution in [0.25, 0.3) is 5.76 Å². The molecular weight excluding hydrogens is 518 g/mol. The van der Waals surface area contributed by atoms with Crippen molar-refractivity contribution in [1.82, 2.24) is 0 Å². The highest BCUT2D eigenvalue weighted by Gasteiger charge is 2.47. The molecule has 3 aromatic rings. The lowest BCUT2D eigenvalue weighted by atomic mass is 9.94. The molecule has 2 heterocycles. The molecule has 2 aliphatic heterocycles. The second kappa shape index (κ2) is 11.1. The number of benzene rings is 3. The molecule has 0 bridgehead atoms. The molecule has 10 heteroatoms. The minimum absolute atomic E-state index is 0.0503. The van der Waals surface area contributed by atoms with Gasteiger partial charge in [0.15, 0.2) is 23.0 Å². The molecule has 1 N–H and O–H groups in total. The van der Waals surface area contributed by atoms with Crippen molar-refractivity contribution < 1.29 is 43.1 Å². The van der Waals surface area contributed by atoms with Crippen LogP contribution >= 0.6 is 0 Å². The number of anilines is 1. The number of ketones is 1. The second-order valence-electron chi connectivity index (χ2n) is 8.85. The first-order valence-electron chi connectivity index (χ1n) is 12.7. The van der Waals surface area contributed by atoms with Crippen LogP contribution in [0.5, 0.6) is 34.5 Å². The second-order valence-corrected chi connectivity index (χ2v) is 8.85. The quantitative estimate of drug-likeness (QED) is 0.228. The average Bonchev–Trinajstić information content (AvgIpc) is 3.54. The number of rotatable bonds is 9. The van der Waals surface area contributed by atoms with E-state index in [-0.39, 0.29) is 23.7 Å². The van der Waals surface area contributed by atoms with Gasteiger partial charge in [0.1, 0.15) is 17.3 Å². The number of nitrogens with zero attached hydrogens (tertiary/aromatic N) is 1. The van der Waals surface area contributed by atoms with E-state index in [9.17, 15) is 14.7 Å². The van der Waals surface area contributed by atoms with Gasteiger partial charge in [0.25, 0.3) is 11.7 Å². The molecule has 1 saturated heterocycles. The van der Waals surface area contributed by atoms with Crippen LogP contribution in [0.3, 0.4) is 0 Å². The fourth-order valence-electron chi connectivity index (χ4n) is 4.85. The van der Waals surface area contributed by atoms with Gasteiger partial charge in [-0.1, -0.05) is 6.07 Å². The summed E-state index contributed by atoms with van der Waals surface area (Å²) in [4.78, 5) is 28.6. The summed E-state index contributed by atoms with van der Waals surface area (Å²) >= 11 is 0. The molecule has 1 atom stereocenters. The summed E-state index contributed by atoms with van der Waals surface area (Å²) in [5.74, 6) is 0.632. The Morgan fingerprint density at radius 1 is 0.875 bits per heavy atom. The summed E-state index contributed by atoms with van der Waals surface area (Å²) in [6.07, 6.45) is 0. The summed E-state index contributed by atoms with van der Waals surface area (Å²) in [5, 5.41) is 11.7. The van der Waals surface area contributed by atoms with Crippen molar-refractivity contribution in [3.63, 3.8) is 0 Å². The highest BCUT2D eigenvalue weighted by atomic mass is 16.7. The van der Waals surface area contributed by atoms with Gasteiger partial charge in [0, 0.05) is 17.8 Å². The van der Waals surface area contributed by atoms with Gasteiger partial charge in [-0.25, -0.2) is 0 Å². The smallest absolute Gasteiger partial charge is 0.300 e. The normalized spacial score (nSPS) is 17.2. The van der Waals surface area contributed by atoms with E-state index >= 15 is 0 Å². The zero-order valence-corrected chi connectivity index (χ0v) is 22.6. The van der Waals surface area contributed by atoms with Crippen molar-refractivity contribution in [3.8, 4) is 34.5 Å². The highest BCUT2D eigenvalue weighted by Crippen LogP contribution is 2.47. The summed E-state index contributed by atoms with van der Waals surface area (Å²) < 4.78 is 33.2. The third-order valence-electron chi connectivity index (χ3n) is 6.62. The van der Waals surface area contributed by atoms with E-state index in [1.807, 2.05) is 6.92 Å². The number of carbonyl (C=O) groups is 2. The molecule has 2 aliphatic rings. The number of aliphatic hydroxyl groups excluding tert-OH is 1. The van der Waals surface area contributed by atoms with Gasteiger partial charge in [-0.05, 0) is 55.8 Å². The van der Waals surface area contributed by atoms with E-state index in [1.54, 1.807) is 61.5 Å². The minimum Gasteiger partial charge on any atom is -0.507 e. The van der Waals surface area contributed by atoms with E-state index in [0.717, 1.165) is 0 Å². The molecule has 5 rings (SSSR count). The lowest BCUT2D eigenvalue weighted by Crippen LogP contribution is -2.29. The lowest BCUT2D eigenvalue weighted by molar-refractivity contribution is -0.132. The third-order valence-corrected chi connectivity index (χ3v) is 6.62. The molecule has 3 aromatic carbocycles. The summed E-state index contributed by atoms with van der Waals surface area (Å²) in [6.45, 7) is 4.46. The number of hydrogen-bond acceptors (Lipinski definition) is 9. The van der Waals surface area contributed by atoms with Crippen molar-refractivity contribution in [1.29, 1.82) is 0 Å². The van der Waals surface area contributed by atoms with Crippen molar-refractivity contribution >= 4 is 23.1 Å². The van der Waals surface area contributed by atoms with Gasteiger partial charge in [-0.15, -0.1) is 0 Å². The molecule has 1 unspecified atom stereocenters. The Morgan fingerprint density at radius 3 is 2.35 bits per heavy atom. The van der Waals surface area contributed by atoms with Gasteiger partial charge < -0.3 is 33.5 Å². The molecule has 0 saturated carbocycles. The number of aliphatic hydroxyl groups is 1. The van der Waals surface area contributed by atoms with Crippen molar-refractivity contribution in [2.24, 2.45) is 0 Å². The number of carbonyl (C=O) groups excluding carboxylic acids is 2. The topological polar surface area (TPSA) is 113 Å². The third kappa shape index (κ3) is 4.61. The zero-order valence-electron chi connectivity index (χ0n) is 22.6. The van der Waals surface area contributed by atoms with Gasteiger partial charge in [0.05, 0.1) is 44.6 Å². The molecule has 1 amide bonds. The monoisotopic (exact) mass is 547 g/mol. The maximum absolute atomic E-state index is 13.7. The molecule has 1 fully saturated rings. The average molecular weight is 548 g/mol. The molecule has 0 spiro atoms. The van der Waals surface area contributed by atoms with E-state index in [2.05, 4.69) is 0 Å². The standard InChI is InChI=1S/C30H29NO9/c1-5-37-19-9-10-20(23(15-19)38-6-2)28(32)26-27(17-7-11-21(35-3)24(13-17)36-4)31(30(34)29(26)33)18-8-12-22-25(14-18)40-16-39-22/h7-15,27,32H,5-6,16H2,1-4H3/b28-26+. The zero-order chi connectivity index (χ0) is 28.4. The minimum atomic E-state index is -1.01. The molecule has 0 aliphatic carbocycles. The summed E-state index contributed by atoms with van der Waals surface area (Å²) in [6, 6.07) is 13.9. The predicted molar refractivity (Wildman–Crippen MR) is 146 cm³/mol. The number of amides is 1. The maximum Gasteiger partial charge on any atom is 0.300 e. The van der Waals surface area contributed by atoms with Gasteiger partial charge in [-0.3, -0.25) is 14.5 Å². The first-order valence-corrected chi connectivity index (χ1v) is 12.7. The Balaban J connectivity index is 1.72. The molecule has 10 nitrogen and oxygen atoms in total. The van der Waals surface area contributed by atoms with Crippen LogP contribution in [-0.2, 0) is 9.59 Å². The summed E-state index contributed by atoms with van der Waals surface area (Å²) in [5.41, 5.74) is 1.04. The van der Waals surface area contributed by atoms with Gasteiger partial charge in [0.2, 0.25) is 6.79 Å². The fourth-order valence-corrected chi connectivity index (χ4v) is 4.85. The Labute approximate surface area is 231 Å². The molecule has 0 aromatic heterocycles. The van der Waals surface area contributed by atoms with Crippen LogP contribution in [0, 0.1) is 0 Å². The number of hydrogen-bond donors (Lipinski definition) is 1. The maximum atomic E-state index is 13.7. The highest BCUT2D eigenvalue weighted by molar-refractivity contribution is 6.51. The van der Waals surface area contributed by atoms with Crippen molar-refractivity contribution in [2.75, 3.05) is 39.1 Å². The Hall–Kier alpha value is -4.86. The van der Waals surface area contributed by atoms with Crippen LogP contribution in [0.1, 0.15) is 31.0 Å². The number of Topliss-reactive ketones (excluding diaryl/α,β-unsaturated/α-hetero) is 1. The lowest BCUT2D eigenvalue weighted by Gasteiger charge is -2.26. The van der Waals surface area contributed by atoms with Crippen molar-refractivity contribution in [2.45, 2.75) is 19.9 Å². The van der Waals surface area contributed by atoms with Gasteiger partial charge >= 0.3 is 0 Å². The molecule has 208 valence electrons. The SMILES string of the molecule is CCOc1ccc(/C(O)=C2\C(=O)C(=O)N(c3ccc4c(c3)OCO4)C2c2ccc(OC)c(OC)c2)c(OCC)c1. The van der Waals surface area contributed by atoms with Crippen molar-refractivity contribution in [3.05, 3.63) is 71.3 Å². The first kappa shape index (κ1) is 26.7. The first-order chi connectivity index (χ1) is 19.4. The van der Waals surface area contributed by atoms with Crippen LogP contribution in [0.4, 0.5) is 5.69 Å². The Bertz CT molecular complexity index is 1500. The van der Waals surface area contributed by atoms with Crippen LogP contribution in [0.2, 0.25) is 0 Å². The number of methoxy groups -OCH3 is 2. The Kier molecular flexibility index (Phi) is 7.41. The van der Waals surface area contributed by atoms with Gasteiger partial charge in [-0.2, -0.15) is 0 Å². The van der Waals surface area contributed by atoms with Crippen LogP contribution in [0.15, 0.2) is 60.2 Å². The van der Waals surface area contributed by atoms with E-state index < -0.39 is 17.7 Å². The number of fused-ring (bicyclic) bond motifs is 1. The molecule has 0 radical (unpaired) electrons. The molecule has 40 heavy (non-hydrogen) atoms. The Morgan fingerprint density at radius 2 is 1.62 bits per heavy atom. The van der Waals surface area contributed by atoms with Crippen LogP contribution in [-0.4, -0.2) is 51.0 Å². The summed E-state index contributed by atoms with van der Waals surface area (Å²) in [7, 11) is 3.00. The largest absolute Gasteiger partial charge is 0.507 e. The predicted octanol–water partition coefficient (Wildman–Crippen LogP) is 4.86.